The van der Waals surface area contributed by atoms with Crippen LogP contribution in [0.15, 0.2) is 48.5 Å². The lowest BCUT2D eigenvalue weighted by atomic mass is 10.2. The van der Waals surface area contributed by atoms with Crippen molar-refractivity contribution in [2.24, 2.45) is 0 Å². The Morgan fingerprint density at radius 2 is 1.94 bits per heavy atom. The summed E-state index contributed by atoms with van der Waals surface area (Å²) in [5, 5.41) is 3.08. The quantitative estimate of drug-likeness (QED) is 0.524. The molecule has 0 radical (unpaired) electrons. The number of alkyl halides is 3. The van der Waals surface area contributed by atoms with E-state index in [1.165, 1.54) is 18.2 Å². The number of amides is 1. The van der Waals surface area contributed by atoms with Crippen LogP contribution in [-0.4, -0.2) is 61.1 Å². The molecule has 11 heteroatoms. The number of benzene rings is 2. The smallest absolute Gasteiger partial charge is 0.406 e. The Kier molecular flexibility index (Phi) is 7.43. The Bertz CT molecular complexity index is 1070. The highest BCUT2D eigenvalue weighted by Gasteiger charge is 2.31. The zero-order valence-electron chi connectivity index (χ0n) is 17.5. The maximum Gasteiger partial charge on any atom is 0.573 e. The highest BCUT2D eigenvalue weighted by Crippen LogP contribution is 2.31. The number of ether oxygens (including phenoxy) is 3. The largest absolute Gasteiger partial charge is 0.573 e. The minimum absolute atomic E-state index is 0.176. The molecule has 1 amide bonds. The summed E-state index contributed by atoms with van der Waals surface area (Å²) in [5.74, 6) is -0.632. The van der Waals surface area contributed by atoms with Gasteiger partial charge in [-0.25, -0.2) is 4.98 Å². The van der Waals surface area contributed by atoms with Gasteiger partial charge in [-0.15, -0.1) is 13.2 Å². The van der Waals surface area contributed by atoms with Crippen LogP contribution in [-0.2, 0) is 20.9 Å². The fraction of sp³-hybridized carbons (Fsp3) is 0.364. The number of nitrogens with zero attached hydrogens (tertiary/aromatic N) is 2. The van der Waals surface area contributed by atoms with Crippen LogP contribution in [0.4, 0.5) is 18.3 Å². The van der Waals surface area contributed by atoms with Gasteiger partial charge in [-0.1, -0.05) is 41.7 Å². The van der Waals surface area contributed by atoms with E-state index in [0.717, 1.165) is 16.9 Å². The molecule has 0 bridgehead atoms. The predicted molar refractivity (Wildman–Crippen MR) is 117 cm³/mol. The number of morpholine rings is 1. The van der Waals surface area contributed by atoms with Crippen molar-refractivity contribution in [2.75, 3.05) is 38.2 Å². The molecule has 3 aromatic rings. The van der Waals surface area contributed by atoms with Gasteiger partial charge < -0.3 is 19.5 Å². The molecule has 1 aliphatic rings. The predicted octanol–water partition coefficient (Wildman–Crippen LogP) is 4.05. The molecule has 1 aliphatic heterocycles. The summed E-state index contributed by atoms with van der Waals surface area (Å²) in [4.78, 5) is 19.4. The molecule has 33 heavy (non-hydrogen) atoms. The zero-order chi connectivity index (χ0) is 23.3. The van der Waals surface area contributed by atoms with E-state index in [1.54, 1.807) is 0 Å². The number of carbonyl (C=O) groups excluding carboxylic acids is 1. The average Bonchev–Trinajstić information content (AvgIpc) is 3.18. The third kappa shape index (κ3) is 6.64. The molecule has 2 heterocycles. The second kappa shape index (κ2) is 10.5. The van der Waals surface area contributed by atoms with E-state index in [-0.39, 0.29) is 18.3 Å². The molecule has 2 aromatic carbocycles. The van der Waals surface area contributed by atoms with E-state index in [0.29, 0.717) is 48.3 Å². The van der Waals surface area contributed by atoms with Gasteiger partial charge in [-0.3, -0.25) is 9.69 Å². The molecule has 1 atom stereocenters. The van der Waals surface area contributed by atoms with Gasteiger partial charge in [0.15, 0.2) is 5.13 Å². The van der Waals surface area contributed by atoms with Gasteiger partial charge in [-0.2, -0.15) is 0 Å². The number of thiazole rings is 1. The lowest BCUT2D eigenvalue weighted by molar-refractivity contribution is -0.274. The lowest BCUT2D eigenvalue weighted by Crippen LogP contribution is -2.51. The molecule has 1 aromatic heterocycles. The first-order valence-corrected chi connectivity index (χ1v) is 11.1. The molecule has 176 valence electrons. The number of rotatable bonds is 8. The molecule has 1 saturated heterocycles. The Hall–Kier alpha value is -2.73. The third-order valence-electron chi connectivity index (χ3n) is 5.00. The SMILES string of the molecule is O=C(Nc1nc2ccc(OC(F)(F)F)cc2s1)[C@H](COCc1ccccc1)N1CCOCC1. The van der Waals surface area contributed by atoms with Crippen molar-refractivity contribution in [1.29, 1.82) is 0 Å². The molecule has 0 spiro atoms. The summed E-state index contributed by atoms with van der Waals surface area (Å²) in [6, 6.07) is 13.0. The van der Waals surface area contributed by atoms with Gasteiger partial charge in [0.2, 0.25) is 5.91 Å². The number of anilines is 1. The van der Waals surface area contributed by atoms with E-state index >= 15 is 0 Å². The zero-order valence-corrected chi connectivity index (χ0v) is 18.3. The van der Waals surface area contributed by atoms with Crippen molar-refractivity contribution in [1.82, 2.24) is 9.88 Å². The second-order valence-corrected chi connectivity index (χ2v) is 8.38. The van der Waals surface area contributed by atoms with Gasteiger partial charge in [0.05, 0.1) is 36.6 Å². The van der Waals surface area contributed by atoms with Crippen LogP contribution < -0.4 is 10.1 Å². The molecule has 7 nitrogen and oxygen atoms in total. The minimum Gasteiger partial charge on any atom is -0.406 e. The Labute approximate surface area is 192 Å². The maximum absolute atomic E-state index is 13.1. The molecular formula is C22H22F3N3O4S. The van der Waals surface area contributed by atoms with Crippen molar-refractivity contribution in [3.05, 3.63) is 54.1 Å². The molecule has 0 unspecified atom stereocenters. The summed E-state index contributed by atoms with van der Waals surface area (Å²) < 4.78 is 53.1. The van der Waals surface area contributed by atoms with E-state index in [1.807, 2.05) is 35.2 Å². The van der Waals surface area contributed by atoms with Crippen LogP contribution in [0.2, 0.25) is 0 Å². The Morgan fingerprint density at radius 1 is 1.18 bits per heavy atom. The summed E-state index contributed by atoms with van der Waals surface area (Å²) in [6.07, 6.45) is -4.78. The fourth-order valence-corrected chi connectivity index (χ4v) is 4.34. The number of nitrogens with one attached hydrogen (secondary N) is 1. The monoisotopic (exact) mass is 481 g/mol. The van der Waals surface area contributed by atoms with Crippen molar-refractivity contribution in [3.63, 3.8) is 0 Å². The second-order valence-electron chi connectivity index (χ2n) is 7.35. The third-order valence-corrected chi connectivity index (χ3v) is 5.93. The van der Waals surface area contributed by atoms with Crippen LogP contribution in [0.3, 0.4) is 0 Å². The van der Waals surface area contributed by atoms with E-state index in [4.69, 9.17) is 9.47 Å². The first-order chi connectivity index (χ1) is 15.9. The normalized spacial score (nSPS) is 16.0. The standard InChI is InChI=1S/C22H22F3N3O4S/c23-22(24,25)32-16-6-7-17-19(12-16)33-21(26-17)27-20(29)18(28-8-10-30-11-9-28)14-31-13-15-4-2-1-3-5-15/h1-7,12,18H,8-11,13-14H2,(H,26,27,29)/t18-/m0/s1. The van der Waals surface area contributed by atoms with E-state index in [2.05, 4.69) is 15.0 Å². The summed E-state index contributed by atoms with van der Waals surface area (Å²) >= 11 is 1.08. The highest BCUT2D eigenvalue weighted by molar-refractivity contribution is 7.22. The molecule has 1 fully saturated rings. The van der Waals surface area contributed by atoms with Gasteiger partial charge in [0, 0.05) is 19.2 Å². The van der Waals surface area contributed by atoms with Crippen LogP contribution in [0.5, 0.6) is 5.75 Å². The number of aromatic nitrogens is 1. The summed E-state index contributed by atoms with van der Waals surface area (Å²) in [7, 11) is 0. The molecule has 0 saturated carbocycles. The van der Waals surface area contributed by atoms with Crippen molar-refractivity contribution in [2.45, 2.75) is 19.0 Å². The topological polar surface area (TPSA) is 72.9 Å². The number of halogens is 3. The van der Waals surface area contributed by atoms with Gasteiger partial charge >= 0.3 is 6.36 Å². The molecule has 0 aliphatic carbocycles. The summed E-state index contributed by atoms with van der Waals surface area (Å²) in [5.41, 5.74) is 1.47. The van der Waals surface area contributed by atoms with E-state index in [9.17, 15) is 18.0 Å². The van der Waals surface area contributed by atoms with Crippen LogP contribution in [0, 0.1) is 0 Å². The van der Waals surface area contributed by atoms with Crippen LogP contribution in [0.1, 0.15) is 5.56 Å². The Balaban J connectivity index is 1.44. The van der Waals surface area contributed by atoms with Gasteiger partial charge in [0.25, 0.3) is 0 Å². The molecular weight excluding hydrogens is 459 g/mol. The maximum atomic E-state index is 13.1. The van der Waals surface area contributed by atoms with Crippen LogP contribution >= 0.6 is 11.3 Å². The van der Waals surface area contributed by atoms with Crippen molar-refractivity contribution in [3.8, 4) is 5.75 Å². The number of hydrogen-bond acceptors (Lipinski definition) is 7. The first kappa shape index (κ1) is 23.4. The van der Waals surface area contributed by atoms with Crippen LogP contribution in [0.25, 0.3) is 10.2 Å². The highest BCUT2D eigenvalue weighted by atomic mass is 32.1. The van der Waals surface area contributed by atoms with Gasteiger partial charge in [-0.05, 0) is 17.7 Å². The minimum atomic E-state index is -4.78. The first-order valence-electron chi connectivity index (χ1n) is 10.3. The lowest BCUT2D eigenvalue weighted by Gasteiger charge is -2.33. The fourth-order valence-electron chi connectivity index (χ4n) is 3.44. The number of fused-ring (bicyclic) bond motifs is 1. The van der Waals surface area contributed by atoms with Crippen molar-refractivity contribution >= 4 is 32.6 Å². The van der Waals surface area contributed by atoms with Gasteiger partial charge in [0.1, 0.15) is 11.8 Å². The average molecular weight is 481 g/mol. The number of carbonyl (C=O) groups is 1. The summed E-state index contributed by atoms with van der Waals surface area (Å²) in [6.45, 7) is 2.76. The number of hydrogen-bond donors (Lipinski definition) is 1. The van der Waals surface area contributed by atoms with Crippen molar-refractivity contribution < 1.29 is 32.2 Å². The molecule has 1 N–H and O–H groups in total. The Morgan fingerprint density at radius 3 is 2.67 bits per heavy atom. The molecule has 4 rings (SSSR count). The van der Waals surface area contributed by atoms with E-state index < -0.39 is 12.4 Å².